The van der Waals surface area contributed by atoms with Gasteiger partial charge < -0.3 is 9.84 Å². The first-order chi connectivity index (χ1) is 7.31. The Kier molecular flexibility index (Phi) is 10.9. The van der Waals surface area contributed by atoms with Crippen LogP contribution in [0.3, 0.4) is 0 Å². The first-order valence-electron chi connectivity index (χ1n) is 6.11. The van der Waals surface area contributed by atoms with Gasteiger partial charge in [0.1, 0.15) is 12.2 Å². The van der Waals surface area contributed by atoms with Crippen molar-refractivity contribution in [2.24, 2.45) is 0 Å². The van der Waals surface area contributed by atoms with Crippen LogP contribution in [0, 0.1) is 12.0 Å². The van der Waals surface area contributed by atoms with Gasteiger partial charge in [-0.15, -0.1) is 0 Å². The summed E-state index contributed by atoms with van der Waals surface area (Å²) in [5.41, 5.74) is 0. The van der Waals surface area contributed by atoms with Crippen molar-refractivity contribution in [2.45, 2.75) is 64.9 Å². The van der Waals surface area contributed by atoms with Crippen LogP contribution >= 0.6 is 0 Å². The fraction of sp³-hybridized carbons (Fsp3) is 0.846. The van der Waals surface area contributed by atoms with E-state index in [9.17, 15) is 5.11 Å². The van der Waals surface area contributed by atoms with Gasteiger partial charge in [-0.2, -0.15) is 0 Å². The van der Waals surface area contributed by atoms with Crippen LogP contribution in [-0.2, 0) is 4.74 Å². The van der Waals surface area contributed by atoms with Gasteiger partial charge in [0.05, 0.1) is 6.61 Å². The van der Waals surface area contributed by atoms with E-state index in [0.29, 0.717) is 6.61 Å². The van der Waals surface area contributed by atoms with Crippen LogP contribution in [-0.4, -0.2) is 17.8 Å². The van der Waals surface area contributed by atoms with Gasteiger partial charge in [0.25, 0.3) is 0 Å². The smallest absolute Gasteiger partial charge is 0.118 e. The molecule has 0 spiro atoms. The Morgan fingerprint density at radius 2 is 1.73 bits per heavy atom. The van der Waals surface area contributed by atoms with Gasteiger partial charge in [-0.1, -0.05) is 39.0 Å². The van der Waals surface area contributed by atoms with Crippen LogP contribution in [0.5, 0.6) is 0 Å². The number of ether oxygens (including phenoxy) is 1. The Balaban J connectivity index is 3.24. The average molecular weight is 212 g/mol. The zero-order valence-electron chi connectivity index (χ0n) is 10.1. The maximum atomic E-state index is 9.42. The molecular formula is C13H24O2. The number of hydrogen-bond acceptors (Lipinski definition) is 2. The van der Waals surface area contributed by atoms with Gasteiger partial charge in [-0.25, -0.2) is 0 Å². The summed E-state index contributed by atoms with van der Waals surface area (Å²) in [5, 5.41) is 9.42. The van der Waals surface area contributed by atoms with Gasteiger partial charge in [0, 0.05) is 0 Å². The largest absolute Gasteiger partial charge is 0.447 e. The Labute approximate surface area is 94.0 Å². The van der Waals surface area contributed by atoms with Gasteiger partial charge in [-0.3, -0.25) is 0 Å². The molecule has 1 N–H and O–H groups in total. The molecule has 2 nitrogen and oxygen atoms in total. The minimum Gasteiger partial charge on any atom is -0.447 e. The maximum Gasteiger partial charge on any atom is 0.118 e. The van der Waals surface area contributed by atoms with Crippen molar-refractivity contribution in [2.75, 3.05) is 6.61 Å². The van der Waals surface area contributed by atoms with Crippen LogP contribution in [0.15, 0.2) is 0 Å². The van der Waals surface area contributed by atoms with E-state index in [0.717, 1.165) is 12.8 Å². The highest BCUT2D eigenvalue weighted by Gasteiger charge is 1.98. The van der Waals surface area contributed by atoms with Crippen molar-refractivity contribution in [1.82, 2.24) is 0 Å². The first kappa shape index (κ1) is 14.3. The summed E-state index contributed by atoms with van der Waals surface area (Å²) in [5.74, 6) is 2.67. The second kappa shape index (κ2) is 11.4. The third kappa shape index (κ3) is 11.2. The lowest BCUT2D eigenvalue weighted by molar-refractivity contribution is 0.213. The molecule has 0 aliphatic rings. The maximum absolute atomic E-state index is 9.42. The fourth-order valence-corrected chi connectivity index (χ4v) is 1.37. The van der Waals surface area contributed by atoms with E-state index in [4.69, 9.17) is 4.74 Å². The quantitative estimate of drug-likeness (QED) is 0.495. The van der Waals surface area contributed by atoms with E-state index < -0.39 is 6.10 Å². The average Bonchev–Trinajstić information content (AvgIpc) is 2.23. The molecule has 0 saturated heterocycles. The molecule has 88 valence electrons. The molecule has 0 aromatic carbocycles. The van der Waals surface area contributed by atoms with E-state index in [1.165, 1.54) is 32.1 Å². The fourth-order valence-electron chi connectivity index (χ4n) is 1.37. The van der Waals surface area contributed by atoms with E-state index >= 15 is 0 Å². The normalized spacial score (nSPS) is 11.7. The monoisotopic (exact) mass is 212 g/mol. The summed E-state index contributed by atoms with van der Waals surface area (Å²) in [6.07, 6.45) is 10.2. The Morgan fingerprint density at radius 1 is 1.07 bits per heavy atom. The van der Waals surface area contributed by atoms with E-state index in [-0.39, 0.29) is 0 Å². The van der Waals surface area contributed by atoms with Crippen LogP contribution in [0.2, 0.25) is 0 Å². The third-order valence-corrected chi connectivity index (χ3v) is 2.27. The highest BCUT2D eigenvalue weighted by molar-refractivity contribution is 4.98. The molecule has 0 aromatic rings. The van der Waals surface area contributed by atoms with E-state index in [1.54, 1.807) is 0 Å². The van der Waals surface area contributed by atoms with Crippen molar-refractivity contribution >= 4 is 0 Å². The molecule has 0 heterocycles. The zero-order chi connectivity index (χ0) is 11.4. The minimum atomic E-state index is -0.511. The molecule has 1 unspecified atom stereocenters. The summed E-state index contributed by atoms with van der Waals surface area (Å²) < 4.78 is 4.84. The molecule has 0 saturated carbocycles. The number of unbranched alkanes of at least 4 members (excludes halogenated alkanes) is 5. The summed E-state index contributed by atoms with van der Waals surface area (Å²) in [6.45, 7) is 4.68. The van der Waals surface area contributed by atoms with Crippen molar-refractivity contribution in [3.8, 4) is 12.0 Å². The highest BCUT2D eigenvalue weighted by Crippen LogP contribution is 2.08. The Hall–Kier alpha value is -0.680. The van der Waals surface area contributed by atoms with Gasteiger partial charge in [0.15, 0.2) is 0 Å². The lowest BCUT2D eigenvalue weighted by Crippen LogP contribution is -2.02. The summed E-state index contributed by atoms with van der Waals surface area (Å²) >= 11 is 0. The van der Waals surface area contributed by atoms with E-state index in [2.05, 4.69) is 19.0 Å². The molecule has 0 radical (unpaired) electrons. The van der Waals surface area contributed by atoms with Crippen LogP contribution in [0.1, 0.15) is 58.8 Å². The predicted octanol–water partition coefficient (Wildman–Crippen LogP) is 3.10. The number of hydrogen-bond donors (Lipinski definition) is 1. The number of aliphatic hydroxyl groups excluding tert-OH is 1. The molecule has 0 amide bonds. The topological polar surface area (TPSA) is 29.5 Å². The molecule has 0 bridgehead atoms. The molecule has 0 fully saturated rings. The third-order valence-electron chi connectivity index (χ3n) is 2.27. The summed E-state index contributed by atoms with van der Waals surface area (Å²) in [6, 6.07) is 0. The number of rotatable bonds is 8. The van der Waals surface area contributed by atoms with Crippen molar-refractivity contribution in [3.63, 3.8) is 0 Å². The van der Waals surface area contributed by atoms with Gasteiger partial charge >= 0.3 is 0 Å². The zero-order valence-corrected chi connectivity index (χ0v) is 10.1. The number of aliphatic hydroxyl groups is 1. The SMILES string of the molecule is CCCCCCCCC(O)C#COCC. The molecule has 0 aromatic heterocycles. The van der Waals surface area contributed by atoms with E-state index in [1.807, 2.05) is 6.92 Å². The second-order valence-electron chi connectivity index (χ2n) is 3.75. The molecule has 0 rings (SSSR count). The summed E-state index contributed by atoms with van der Waals surface area (Å²) in [4.78, 5) is 0. The van der Waals surface area contributed by atoms with Crippen LogP contribution in [0.4, 0.5) is 0 Å². The van der Waals surface area contributed by atoms with Crippen LogP contribution < -0.4 is 0 Å². The Morgan fingerprint density at radius 3 is 2.40 bits per heavy atom. The van der Waals surface area contributed by atoms with Gasteiger partial charge in [-0.05, 0) is 25.7 Å². The lowest BCUT2D eigenvalue weighted by atomic mass is 10.1. The molecule has 0 aliphatic carbocycles. The minimum absolute atomic E-state index is 0.511. The van der Waals surface area contributed by atoms with Crippen molar-refractivity contribution in [1.29, 1.82) is 0 Å². The van der Waals surface area contributed by atoms with Gasteiger partial charge in [0.2, 0.25) is 0 Å². The highest BCUT2D eigenvalue weighted by atomic mass is 16.5. The Bertz CT molecular complexity index is 179. The molecule has 2 heteroatoms. The molecule has 15 heavy (non-hydrogen) atoms. The second-order valence-corrected chi connectivity index (χ2v) is 3.75. The summed E-state index contributed by atoms with van der Waals surface area (Å²) in [7, 11) is 0. The molecule has 0 aliphatic heterocycles. The predicted molar refractivity (Wildman–Crippen MR) is 63.4 cm³/mol. The van der Waals surface area contributed by atoms with Crippen LogP contribution in [0.25, 0.3) is 0 Å². The molecular weight excluding hydrogens is 188 g/mol. The first-order valence-corrected chi connectivity index (χ1v) is 6.11. The lowest BCUT2D eigenvalue weighted by Gasteiger charge is -2.02. The van der Waals surface area contributed by atoms with Crippen molar-refractivity contribution in [3.05, 3.63) is 0 Å². The molecule has 1 atom stereocenters. The van der Waals surface area contributed by atoms with Crippen molar-refractivity contribution < 1.29 is 9.84 Å². The standard InChI is InChI=1S/C13H24O2/c1-3-5-6-7-8-9-10-13(14)11-12-15-4-2/h13-14H,3-10H2,1-2H3.